The van der Waals surface area contributed by atoms with Crippen molar-refractivity contribution in [2.24, 2.45) is 0 Å². The molecule has 1 unspecified atom stereocenters. The first kappa shape index (κ1) is 15.7. The molecule has 1 atom stereocenters. The minimum atomic E-state index is 0.00127. The zero-order valence-electron chi connectivity index (χ0n) is 11.6. The van der Waals surface area contributed by atoms with Crippen molar-refractivity contribution in [1.29, 1.82) is 0 Å². The van der Waals surface area contributed by atoms with Crippen molar-refractivity contribution in [3.63, 3.8) is 0 Å². The van der Waals surface area contributed by atoms with Crippen LogP contribution in [0.4, 0.5) is 5.69 Å². The number of nitrogens with two attached hydrogens (primary N) is 1. The third-order valence-corrected chi connectivity index (χ3v) is 5.76. The van der Waals surface area contributed by atoms with Crippen LogP contribution in [0.3, 0.4) is 0 Å². The van der Waals surface area contributed by atoms with E-state index in [1.807, 2.05) is 31.5 Å². The fraction of sp³-hybridized carbons (Fsp3) is 0.357. The first-order valence-corrected chi connectivity index (χ1v) is 9.19. The van der Waals surface area contributed by atoms with Crippen LogP contribution >= 0.6 is 39.0 Å². The Morgan fingerprint density at radius 2 is 2.25 bits per heavy atom. The van der Waals surface area contributed by atoms with Crippen molar-refractivity contribution >= 4 is 60.7 Å². The topological polar surface area (TPSA) is 46.3 Å². The molecule has 1 heterocycles. The van der Waals surface area contributed by atoms with Crippen molar-refractivity contribution in [3.05, 3.63) is 27.5 Å². The van der Waals surface area contributed by atoms with Crippen LogP contribution in [0.1, 0.15) is 16.6 Å². The van der Waals surface area contributed by atoms with E-state index in [0.717, 1.165) is 20.3 Å². The van der Waals surface area contributed by atoms with E-state index in [1.165, 1.54) is 11.3 Å². The zero-order chi connectivity index (χ0) is 14.9. The van der Waals surface area contributed by atoms with Gasteiger partial charge in [-0.05, 0) is 31.4 Å². The number of nitrogens with zero attached hydrogens (tertiary/aromatic N) is 1. The predicted molar refractivity (Wildman–Crippen MR) is 93.9 cm³/mol. The number of hydrogen-bond acceptors (Lipinski definition) is 4. The summed E-state index contributed by atoms with van der Waals surface area (Å²) < 4.78 is 2.01. The molecule has 2 N–H and O–H groups in total. The van der Waals surface area contributed by atoms with E-state index in [2.05, 4.69) is 22.9 Å². The summed E-state index contributed by atoms with van der Waals surface area (Å²) in [6, 6.07) is 6.10. The molecule has 0 saturated heterocycles. The number of hydrogen-bond donors (Lipinski definition) is 1. The number of anilines is 1. The number of carbonyl (C=O) groups excluding carboxylic acids is 1. The monoisotopic (exact) mass is 372 g/mol. The summed E-state index contributed by atoms with van der Waals surface area (Å²) in [6.07, 6.45) is 2.04. The largest absolute Gasteiger partial charge is 0.397 e. The van der Waals surface area contributed by atoms with Gasteiger partial charge in [0.15, 0.2) is 0 Å². The molecule has 108 valence electrons. The van der Waals surface area contributed by atoms with Crippen LogP contribution in [0, 0.1) is 0 Å². The van der Waals surface area contributed by atoms with Gasteiger partial charge >= 0.3 is 0 Å². The van der Waals surface area contributed by atoms with Crippen LogP contribution < -0.4 is 5.73 Å². The standard InChI is InChI=1S/C14H17BrN2OS2/c1-8(7-19-3)17(2)14(18)13-12(16)10-6-9(15)4-5-11(10)20-13/h4-6,8H,7,16H2,1-3H3. The number of fused-ring (bicyclic) bond motifs is 1. The number of amides is 1. The lowest BCUT2D eigenvalue weighted by Gasteiger charge is -2.23. The van der Waals surface area contributed by atoms with Crippen LogP contribution in [-0.4, -0.2) is 35.9 Å². The van der Waals surface area contributed by atoms with Gasteiger partial charge in [0.2, 0.25) is 0 Å². The summed E-state index contributed by atoms with van der Waals surface area (Å²) >= 11 is 6.63. The Morgan fingerprint density at radius 3 is 2.90 bits per heavy atom. The SMILES string of the molecule is CSCC(C)N(C)C(=O)c1sc2ccc(Br)cc2c1N. The highest BCUT2D eigenvalue weighted by molar-refractivity contribution is 9.10. The van der Waals surface area contributed by atoms with E-state index in [4.69, 9.17) is 5.73 Å². The van der Waals surface area contributed by atoms with Crippen molar-refractivity contribution in [1.82, 2.24) is 4.90 Å². The number of benzene rings is 1. The number of halogens is 1. The molecular formula is C14H17BrN2OS2. The fourth-order valence-corrected chi connectivity index (χ4v) is 4.11. The van der Waals surface area contributed by atoms with Crippen LogP contribution in [0.25, 0.3) is 10.1 Å². The van der Waals surface area contributed by atoms with Gasteiger partial charge in [0.1, 0.15) is 4.88 Å². The van der Waals surface area contributed by atoms with Gasteiger partial charge in [-0.3, -0.25) is 4.79 Å². The quantitative estimate of drug-likeness (QED) is 0.879. The molecule has 1 amide bonds. The third-order valence-electron chi connectivity index (χ3n) is 3.27. The van der Waals surface area contributed by atoms with E-state index in [-0.39, 0.29) is 11.9 Å². The maximum atomic E-state index is 12.6. The minimum absolute atomic E-state index is 0.00127. The molecule has 6 heteroatoms. The smallest absolute Gasteiger partial charge is 0.266 e. The average Bonchev–Trinajstić information content (AvgIpc) is 2.74. The van der Waals surface area contributed by atoms with Gasteiger partial charge in [0, 0.05) is 33.4 Å². The number of carbonyl (C=O) groups is 1. The lowest BCUT2D eigenvalue weighted by atomic mass is 10.2. The molecule has 2 aromatic rings. The first-order valence-electron chi connectivity index (χ1n) is 6.19. The highest BCUT2D eigenvalue weighted by Gasteiger charge is 2.22. The molecule has 0 aliphatic rings. The number of thioether (sulfide) groups is 1. The molecule has 1 aromatic carbocycles. The molecule has 20 heavy (non-hydrogen) atoms. The van der Waals surface area contributed by atoms with Gasteiger partial charge in [0.25, 0.3) is 5.91 Å². The van der Waals surface area contributed by atoms with Gasteiger partial charge in [-0.15, -0.1) is 11.3 Å². The summed E-state index contributed by atoms with van der Waals surface area (Å²) in [5.41, 5.74) is 6.74. The molecule has 0 aliphatic heterocycles. The summed E-state index contributed by atoms with van der Waals surface area (Å²) in [7, 11) is 1.84. The molecule has 1 aromatic heterocycles. The maximum absolute atomic E-state index is 12.6. The van der Waals surface area contributed by atoms with Gasteiger partial charge < -0.3 is 10.6 Å². The second kappa shape index (κ2) is 6.37. The Labute approximate surface area is 135 Å². The second-order valence-corrected chi connectivity index (χ2v) is 7.58. The summed E-state index contributed by atoms with van der Waals surface area (Å²) in [5, 5.41) is 0.943. The van der Waals surface area contributed by atoms with Gasteiger partial charge in [-0.1, -0.05) is 15.9 Å². The van der Waals surface area contributed by atoms with Crippen LogP contribution in [-0.2, 0) is 0 Å². The summed E-state index contributed by atoms with van der Waals surface area (Å²) in [4.78, 5) is 15.0. The molecule has 0 radical (unpaired) electrons. The molecule has 2 rings (SSSR count). The number of rotatable bonds is 4. The molecule has 0 bridgehead atoms. The van der Waals surface area contributed by atoms with Crippen molar-refractivity contribution < 1.29 is 4.79 Å². The maximum Gasteiger partial charge on any atom is 0.266 e. The molecule has 0 fully saturated rings. The van der Waals surface area contributed by atoms with Crippen LogP contribution in [0.15, 0.2) is 22.7 Å². The number of nitrogen functional groups attached to an aromatic ring is 1. The van der Waals surface area contributed by atoms with Crippen molar-refractivity contribution in [2.45, 2.75) is 13.0 Å². The lowest BCUT2D eigenvalue weighted by Crippen LogP contribution is -2.36. The van der Waals surface area contributed by atoms with Crippen LogP contribution in [0.2, 0.25) is 0 Å². The van der Waals surface area contributed by atoms with Gasteiger partial charge in [0.05, 0.1) is 5.69 Å². The van der Waals surface area contributed by atoms with Gasteiger partial charge in [-0.2, -0.15) is 11.8 Å². The Hall–Kier alpha value is -0.720. The van der Waals surface area contributed by atoms with Gasteiger partial charge in [-0.25, -0.2) is 0 Å². The molecule has 0 saturated carbocycles. The highest BCUT2D eigenvalue weighted by Crippen LogP contribution is 2.36. The van der Waals surface area contributed by atoms with E-state index in [9.17, 15) is 4.79 Å². The molecular weight excluding hydrogens is 356 g/mol. The molecule has 0 spiro atoms. The van der Waals surface area contributed by atoms with E-state index < -0.39 is 0 Å². The molecule has 0 aliphatic carbocycles. The minimum Gasteiger partial charge on any atom is -0.397 e. The third kappa shape index (κ3) is 2.97. The second-order valence-electron chi connectivity index (χ2n) is 4.71. The fourth-order valence-electron chi connectivity index (χ4n) is 1.96. The van der Waals surface area contributed by atoms with Crippen molar-refractivity contribution in [3.8, 4) is 0 Å². The molecule has 3 nitrogen and oxygen atoms in total. The number of thiophene rings is 1. The Balaban J connectivity index is 2.37. The zero-order valence-corrected chi connectivity index (χ0v) is 14.9. The lowest BCUT2D eigenvalue weighted by molar-refractivity contribution is 0.0763. The summed E-state index contributed by atoms with van der Waals surface area (Å²) in [6.45, 7) is 2.05. The van der Waals surface area contributed by atoms with E-state index in [0.29, 0.717) is 10.6 Å². The highest BCUT2D eigenvalue weighted by atomic mass is 79.9. The average molecular weight is 373 g/mol. The predicted octanol–water partition coefficient (Wildman–Crippen LogP) is 4.07. The summed E-state index contributed by atoms with van der Waals surface area (Å²) in [5.74, 6) is 0.917. The van der Waals surface area contributed by atoms with Crippen LogP contribution in [0.5, 0.6) is 0 Å². The first-order chi connectivity index (χ1) is 9.45. The van der Waals surface area contributed by atoms with E-state index >= 15 is 0 Å². The Kier molecular flexibility index (Phi) is 4.99. The Bertz CT molecular complexity index is 641. The van der Waals surface area contributed by atoms with E-state index in [1.54, 1.807) is 16.7 Å². The van der Waals surface area contributed by atoms with Crippen molar-refractivity contribution in [2.75, 3.05) is 24.8 Å². The Morgan fingerprint density at radius 1 is 1.55 bits per heavy atom. The normalized spacial score (nSPS) is 12.6.